The molecule has 10 aromatic carbocycles. The van der Waals surface area contributed by atoms with E-state index in [2.05, 4.69) is 93.2 Å². The van der Waals surface area contributed by atoms with E-state index >= 15 is 0 Å². The topological polar surface area (TPSA) is 312 Å². The number of hydrogen-bond donors (Lipinski definition) is 2. The first kappa shape index (κ1) is 101. The molecular formula is C100H120N6O26S2. The number of nitrogens with zero attached hydrogens (tertiary/aromatic N) is 4. The average molecular weight is 1890 g/mol. The fourth-order valence-electron chi connectivity index (χ4n) is 14.3. The third-order valence-electron chi connectivity index (χ3n) is 20.7. The van der Waals surface area contributed by atoms with Crippen LogP contribution in [-0.4, -0.2) is 302 Å². The largest absolute Gasteiger partial charge is 0.487 e. The predicted octanol–water partition coefficient (Wildman–Crippen LogP) is 15.8. The molecule has 1 aromatic heterocycles. The second kappa shape index (κ2) is 56.2. The number of hydrogen-bond acceptors (Lipinski definition) is 32. The lowest BCUT2D eigenvalue weighted by Crippen LogP contribution is -2.18. The van der Waals surface area contributed by atoms with E-state index in [0.29, 0.717) is 170 Å². The fraction of sp³-hybridized carbons (Fsp3) is 0.420. The zero-order valence-corrected chi connectivity index (χ0v) is 78.5. The van der Waals surface area contributed by atoms with Crippen LogP contribution in [-0.2, 0) is 85.3 Å². The number of benzene rings is 10. The van der Waals surface area contributed by atoms with Gasteiger partial charge < -0.3 is 134 Å². The SMILES string of the molecule is COCCOCCOCCOc1cc(C(=O)Nc2ccc3c(c2)Sc2ccccc2N3c2ccc3c(ccc4nc5ccc6cc(N7c8ccccc8Sc8cc(NC(=O)c9cc(OCCOCCOCCOC)c(OCCOCCOCCOC)c(OCCOCCOCCOC)c9)ccc87)ccc6c5nc43)c2)cc(OCCOCCOCCOC)c1OCCOCCOCCOC. The zero-order chi connectivity index (χ0) is 92.9. The highest BCUT2D eigenvalue weighted by Crippen LogP contribution is 2.55. The van der Waals surface area contributed by atoms with Gasteiger partial charge in [-0.2, -0.15) is 0 Å². The number of methoxy groups -OCH3 is 6. The molecular weight excluding hydrogens is 1770 g/mol. The van der Waals surface area contributed by atoms with Crippen LogP contribution in [0.25, 0.3) is 43.6 Å². The second-order valence-corrected chi connectivity index (χ2v) is 32.2. The minimum atomic E-state index is -0.417. The van der Waals surface area contributed by atoms with Crippen molar-refractivity contribution in [3.8, 4) is 34.5 Å². The Kier molecular flexibility index (Phi) is 42.4. The molecule has 0 aliphatic carbocycles. The molecule has 0 saturated heterocycles. The van der Waals surface area contributed by atoms with E-state index in [1.165, 1.54) is 0 Å². The van der Waals surface area contributed by atoms with Crippen LogP contribution in [0.15, 0.2) is 189 Å². The maximum absolute atomic E-state index is 14.8. The standard InChI is InChI=1S/C100H120N6O26S2/c1-109-27-33-115-39-45-121-51-57-127-87-65-73(66-88(128-58-52-122-46-40-116-34-28-110-2)97(87)131-61-55-125-49-43-119-37-31-113-5)99(107)101-75-17-25-85-93(69-75)133-91-13-9-7-11-83(91)105(85)77-19-21-79-71(63-77)15-23-81-95(79)104-96-80-22-20-78(64-72(80)16-24-82(96)103-81)106-84-12-8-10-14-92(84)134-94-70-76(18-26-86(94)106)102-100(108)74-67-89(129-59-53-123-47-41-117-35-29-111-3)98(132-62-56-126-50-44-120-38-32-114-6)90(68-74)130-60-54-124-48-42-118-36-30-112-4/h7-26,63-70H,27-62H2,1-6H3,(H,101,107)(H,102,108). The van der Waals surface area contributed by atoms with Gasteiger partial charge in [0, 0.05) is 107 Å². The van der Waals surface area contributed by atoms with Crippen LogP contribution >= 0.6 is 23.5 Å². The van der Waals surface area contributed by atoms with Gasteiger partial charge in [0.15, 0.2) is 23.0 Å². The van der Waals surface area contributed by atoms with E-state index in [1.54, 1.807) is 90.4 Å². The molecule has 0 fully saturated rings. The number of para-hydroxylation sites is 2. The molecule has 2 aliphatic rings. The summed E-state index contributed by atoms with van der Waals surface area (Å²) in [5.74, 6) is 0.775. The van der Waals surface area contributed by atoms with E-state index < -0.39 is 11.8 Å². The molecule has 0 unspecified atom stereocenters. The molecule has 134 heavy (non-hydrogen) atoms. The first-order valence-electron chi connectivity index (χ1n) is 44.8. The van der Waals surface area contributed by atoms with Crippen LogP contribution in [0.1, 0.15) is 20.7 Å². The summed E-state index contributed by atoms with van der Waals surface area (Å²) in [6, 6.07) is 56.1. The van der Waals surface area contributed by atoms with Crippen molar-refractivity contribution < 1.29 is 123 Å². The van der Waals surface area contributed by atoms with Crippen LogP contribution in [0.5, 0.6) is 34.5 Å². The summed E-state index contributed by atoms with van der Waals surface area (Å²) in [4.78, 5) is 48.8. The summed E-state index contributed by atoms with van der Waals surface area (Å²) >= 11 is 3.24. The van der Waals surface area contributed by atoms with Gasteiger partial charge in [-0.1, -0.05) is 72.1 Å². The highest BCUT2D eigenvalue weighted by atomic mass is 32.2. The Bertz CT molecular complexity index is 5080. The normalized spacial score (nSPS) is 12.2. The summed E-state index contributed by atoms with van der Waals surface area (Å²) in [6.07, 6.45) is 0. The van der Waals surface area contributed by atoms with Crippen LogP contribution in [0, 0.1) is 0 Å². The lowest BCUT2D eigenvalue weighted by Gasteiger charge is -2.33. The van der Waals surface area contributed by atoms with Crippen molar-refractivity contribution in [2.45, 2.75) is 19.6 Å². The number of aromatic nitrogens is 2. The molecule has 32 nitrogen and oxygen atoms in total. The maximum Gasteiger partial charge on any atom is 0.255 e. The molecule has 11 aromatic rings. The van der Waals surface area contributed by atoms with Crippen molar-refractivity contribution >= 4 is 124 Å². The Morgan fingerprint density at radius 2 is 0.545 bits per heavy atom. The Morgan fingerprint density at radius 3 is 0.851 bits per heavy atom. The van der Waals surface area contributed by atoms with Crippen molar-refractivity contribution in [2.75, 3.05) is 301 Å². The van der Waals surface area contributed by atoms with Crippen LogP contribution in [0.2, 0.25) is 0 Å². The first-order chi connectivity index (χ1) is 66.1. The van der Waals surface area contributed by atoms with E-state index in [0.717, 1.165) is 97.3 Å². The molecule has 13 rings (SSSR count). The number of nitrogens with one attached hydrogen (secondary N) is 2. The molecule has 2 amide bonds. The summed E-state index contributed by atoms with van der Waals surface area (Å²) in [7, 11) is 9.73. The van der Waals surface area contributed by atoms with Gasteiger partial charge in [-0.05, 0) is 132 Å². The number of fused-ring (bicyclic) bond motifs is 10. The average Bonchev–Trinajstić information content (AvgIpc) is 0.737. The van der Waals surface area contributed by atoms with Crippen molar-refractivity contribution in [3.05, 3.63) is 181 Å². The van der Waals surface area contributed by atoms with Crippen molar-refractivity contribution in [3.63, 3.8) is 0 Å². The van der Waals surface area contributed by atoms with Gasteiger partial charge in [0.25, 0.3) is 11.8 Å². The molecule has 0 atom stereocenters. The Hall–Kier alpha value is -10.4. The van der Waals surface area contributed by atoms with Gasteiger partial charge in [0.05, 0.1) is 243 Å². The number of amides is 2. The fourth-order valence-corrected chi connectivity index (χ4v) is 16.5. The smallest absolute Gasteiger partial charge is 0.255 e. The van der Waals surface area contributed by atoms with E-state index in [-0.39, 0.29) is 125 Å². The zero-order valence-electron chi connectivity index (χ0n) is 76.8. The van der Waals surface area contributed by atoms with E-state index in [9.17, 15) is 9.59 Å². The summed E-state index contributed by atoms with van der Waals surface area (Å²) in [6.45, 7) is 12.0. The Balaban J connectivity index is 0.737. The minimum absolute atomic E-state index is 0.117. The van der Waals surface area contributed by atoms with Gasteiger partial charge in [-0.25, -0.2) is 9.97 Å². The summed E-state index contributed by atoms with van der Waals surface area (Å²) in [5.41, 5.74) is 10.4. The van der Waals surface area contributed by atoms with Gasteiger partial charge in [0.1, 0.15) is 39.6 Å². The number of carbonyl (C=O) groups excluding carboxylic acids is 2. The van der Waals surface area contributed by atoms with E-state index in [4.69, 9.17) is 124 Å². The molecule has 2 aliphatic heterocycles. The lowest BCUT2D eigenvalue weighted by molar-refractivity contribution is 0.0146. The van der Waals surface area contributed by atoms with Crippen molar-refractivity contribution in [2.24, 2.45) is 0 Å². The molecule has 34 heteroatoms. The van der Waals surface area contributed by atoms with Gasteiger partial charge in [-0.3, -0.25) is 9.59 Å². The predicted molar refractivity (Wildman–Crippen MR) is 513 cm³/mol. The molecule has 3 heterocycles. The molecule has 2 N–H and O–H groups in total. The van der Waals surface area contributed by atoms with Crippen LogP contribution in [0.4, 0.5) is 45.5 Å². The third-order valence-corrected chi connectivity index (χ3v) is 23.0. The molecule has 0 radical (unpaired) electrons. The molecule has 0 spiro atoms. The quantitative estimate of drug-likeness (QED) is 0.0203. The molecule has 718 valence electrons. The highest BCUT2D eigenvalue weighted by Gasteiger charge is 2.30. The number of carbonyl (C=O) groups is 2. The number of ether oxygens (including phenoxy) is 24. The Morgan fingerprint density at radius 1 is 0.269 bits per heavy atom. The monoisotopic (exact) mass is 1880 g/mol. The van der Waals surface area contributed by atoms with E-state index in [1.807, 2.05) is 72.8 Å². The third kappa shape index (κ3) is 29.8. The summed E-state index contributed by atoms with van der Waals surface area (Å²) < 4.78 is 137. The van der Waals surface area contributed by atoms with Crippen LogP contribution in [0.3, 0.4) is 0 Å². The van der Waals surface area contributed by atoms with Crippen LogP contribution < -0.4 is 48.9 Å². The second-order valence-electron chi connectivity index (χ2n) is 30.0. The highest BCUT2D eigenvalue weighted by molar-refractivity contribution is 8.00. The van der Waals surface area contributed by atoms with Crippen molar-refractivity contribution in [1.29, 1.82) is 0 Å². The number of anilines is 8. The molecule has 0 saturated carbocycles. The first-order valence-corrected chi connectivity index (χ1v) is 46.4. The summed E-state index contributed by atoms with van der Waals surface area (Å²) in [5, 5.41) is 10.2. The number of rotatable bonds is 66. The van der Waals surface area contributed by atoms with Gasteiger partial charge in [-0.15, -0.1) is 0 Å². The van der Waals surface area contributed by atoms with Crippen molar-refractivity contribution in [1.82, 2.24) is 9.97 Å². The molecule has 0 bridgehead atoms. The maximum atomic E-state index is 14.8. The van der Waals surface area contributed by atoms with Gasteiger partial charge in [0.2, 0.25) is 11.5 Å². The lowest BCUT2D eigenvalue weighted by atomic mass is 10.0. The Labute approximate surface area is 789 Å². The van der Waals surface area contributed by atoms with Gasteiger partial charge >= 0.3 is 0 Å². The minimum Gasteiger partial charge on any atom is -0.487 e.